The number of hydrogen-bond donors (Lipinski definition) is 1. The Kier molecular flexibility index (Phi) is 5.92. The number of rotatable bonds is 7. The Morgan fingerprint density at radius 3 is 2.68 bits per heavy atom. The van der Waals surface area contributed by atoms with Gasteiger partial charge in [0.05, 0.1) is 35.7 Å². The fraction of sp³-hybridized carbons (Fsp3) is 0.190. The van der Waals surface area contributed by atoms with Crippen LogP contribution in [0.3, 0.4) is 0 Å². The summed E-state index contributed by atoms with van der Waals surface area (Å²) in [6, 6.07) is 11.7. The highest BCUT2D eigenvalue weighted by molar-refractivity contribution is 6.33. The second-order valence-electron chi connectivity index (χ2n) is 6.46. The first-order chi connectivity index (χ1) is 13.8. The monoisotopic (exact) mass is 393 g/mol. The van der Waals surface area contributed by atoms with Gasteiger partial charge in [0.2, 0.25) is 0 Å². The molecular weight excluding hydrogens is 374 g/mol. The van der Waals surface area contributed by atoms with E-state index >= 15 is 0 Å². The summed E-state index contributed by atoms with van der Waals surface area (Å²) in [6.07, 6.45) is 11.5. The number of pyridine rings is 1. The van der Waals surface area contributed by atoms with Gasteiger partial charge in [0.1, 0.15) is 0 Å². The molecule has 1 aliphatic rings. The molecule has 0 saturated carbocycles. The smallest absolute Gasteiger partial charge is 0.0757 e. The maximum atomic E-state index is 6.37. The maximum absolute atomic E-state index is 6.37. The second-order valence-corrected chi connectivity index (χ2v) is 6.87. The fourth-order valence-corrected chi connectivity index (χ4v) is 3.29. The molecule has 1 atom stereocenters. The van der Waals surface area contributed by atoms with E-state index in [-0.39, 0.29) is 6.04 Å². The molecule has 0 amide bonds. The lowest BCUT2D eigenvalue weighted by molar-refractivity contribution is 0.139. The molecular formula is C21H20ClN5O. The molecule has 3 heterocycles. The number of halogens is 1. The number of nitrogens with zero attached hydrogens (tertiary/aromatic N) is 4. The summed E-state index contributed by atoms with van der Waals surface area (Å²) in [4.78, 5) is 12.7. The van der Waals surface area contributed by atoms with Crippen molar-refractivity contribution in [2.24, 2.45) is 0 Å². The third-order valence-electron chi connectivity index (χ3n) is 4.44. The van der Waals surface area contributed by atoms with Crippen molar-refractivity contribution in [1.29, 1.82) is 0 Å². The van der Waals surface area contributed by atoms with E-state index < -0.39 is 0 Å². The number of para-hydroxylation sites is 1. The Morgan fingerprint density at radius 2 is 1.89 bits per heavy atom. The molecule has 4 rings (SSSR count). The zero-order valence-electron chi connectivity index (χ0n) is 15.2. The van der Waals surface area contributed by atoms with Crippen molar-refractivity contribution in [2.75, 3.05) is 11.6 Å². The number of hydrogen-bond acceptors (Lipinski definition) is 6. The van der Waals surface area contributed by atoms with Crippen molar-refractivity contribution in [3.63, 3.8) is 0 Å². The first-order valence-corrected chi connectivity index (χ1v) is 9.39. The summed E-state index contributed by atoms with van der Waals surface area (Å²) < 4.78 is 5.94. The Bertz CT molecular complexity index is 936. The minimum absolute atomic E-state index is 0.0434. The van der Waals surface area contributed by atoms with E-state index in [2.05, 4.69) is 20.4 Å². The van der Waals surface area contributed by atoms with Crippen LogP contribution in [0.25, 0.3) is 0 Å². The van der Waals surface area contributed by atoms with E-state index in [1.165, 1.54) is 0 Å². The highest BCUT2D eigenvalue weighted by atomic mass is 35.5. The summed E-state index contributed by atoms with van der Waals surface area (Å²) >= 11 is 6.37. The van der Waals surface area contributed by atoms with Gasteiger partial charge in [-0.05, 0) is 29.3 Å². The molecule has 6 nitrogen and oxygen atoms in total. The van der Waals surface area contributed by atoms with Crippen LogP contribution in [-0.4, -0.2) is 27.6 Å². The van der Waals surface area contributed by atoms with E-state index in [0.29, 0.717) is 24.7 Å². The van der Waals surface area contributed by atoms with Crippen molar-refractivity contribution >= 4 is 17.3 Å². The Morgan fingerprint density at radius 1 is 1.00 bits per heavy atom. The quantitative estimate of drug-likeness (QED) is 0.662. The average molecular weight is 394 g/mol. The van der Waals surface area contributed by atoms with Crippen LogP contribution < -0.4 is 10.4 Å². The summed E-state index contributed by atoms with van der Waals surface area (Å²) in [6.45, 7) is 1.00. The SMILES string of the molecule is Clc1ccccc1N1C=C(COCc2cccnc2)C(Cc2cnccn2)N1. The van der Waals surface area contributed by atoms with Gasteiger partial charge in [0.25, 0.3) is 0 Å². The van der Waals surface area contributed by atoms with Gasteiger partial charge in [0.15, 0.2) is 0 Å². The van der Waals surface area contributed by atoms with Crippen LogP contribution in [0.5, 0.6) is 0 Å². The Balaban J connectivity index is 1.49. The molecule has 2 aromatic heterocycles. The lowest BCUT2D eigenvalue weighted by Crippen LogP contribution is -2.38. The third kappa shape index (κ3) is 4.54. The number of aromatic nitrogens is 3. The lowest BCUT2D eigenvalue weighted by Gasteiger charge is -2.21. The number of nitrogens with one attached hydrogen (secondary N) is 1. The van der Waals surface area contributed by atoms with Gasteiger partial charge in [-0.25, -0.2) is 5.43 Å². The molecule has 0 aliphatic carbocycles. The van der Waals surface area contributed by atoms with Crippen molar-refractivity contribution < 1.29 is 4.74 Å². The molecule has 0 saturated heterocycles. The Labute approximate surface area is 168 Å². The van der Waals surface area contributed by atoms with E-state index in [1.54, 1.807) is 24.8 Å². The van der Waals surface area contributed by atoms with Gasteiger partial charge >= 0.3 is 0 Å². The molecule has 1 aromatic carbocycles. The predicted molar refractivity (Wildman–Crippen MR) is 109 cm³/mol. The van der Waals surface area contributed by atoms with E-state index in [1.807, 2.05) is 53.8 Å². The minimum Gasteiger partial charge on any atom is -0.372 e. The van der Waals surface area contributed by atoms with Gasteiger partial charge < -0.3 is 4.74 Å². The Hall–Kier alpha value is -2.80. The molecule has 1 N–H and O–H groups in total. The first kappa shape index (κ1) is 18.6. The van der Waals surface area contributed by atoms with Gasteiger partial charge in [-0.3, -0.25) is 20.0 Å². The van der Waals surface area contributed by atoms with Crippen molar-refractivity contribution in [3.8, 4) is 0 Å². The van der Waals surface area contributed by atoms with Crippen molar-refractivity contribution in [1.82, 2.24) is 20.4 Å². The largest absolute Gasteiger partial charge is 0.372 e. The molecule has 1 aliphatic heterocycles. The summed E-state index contributed by atoms with van der Waals surface area (Å²) in [7, 11) is 0. The minimum atomic E-state index is 0.0434. The van der Waals surface area contributed by atoms with Crippen LogP contribution in [0.2, 0.25) is 5.02 Å². The second kappa shape index (κ2) is 8.93. The molecule has 0 bridgehead atoms. The number of hydrazine groups is 1. The zero-order chi connectivity index (χ0) is 19.2. The molecule has 0 spiro atoms. The molecule has 0 fully saturated rings. The van der Waals surface area contributed by atoms with Crippen LogP contribution >= 0.6 is 11.6 Å². The van der Waals surface area contributed by atoms with E-state index in [9.17, 15) is 0 Å². The maximum Gasteiger partial charge on any atom is 0.0757 e. The van der Waals surface area contributed by atoms with Crippen molar-refractivity contribution in [3.05, 3.63) is 95.4 Å². The number of ether oxygens (including phenoxy) is 1. The third-order valence-corrected chi connectivity index (χ3v) is 4.76. The normalized spacial score (nSPS) is 16.2. The van der Waals surface area contributed by atoms with Crippen LogP contribution in [0, 0.1) is 0 Å². The van der Waals surface area contributed by atoms with Crippen LogP contribution in [-0.2, 0) is 17.8 Å². The van der Waals surface area contributed by atoms with Crippen LogP contribution in [0.4, 0.5) is 5.69 Å². The fourth-order valence-electron chi connectivity index (χ4n) is 3.06. The molecule has 3 aromatic rings. The molecule has 142 valence electrons. The highest BCUT2D eigenvalue weighted by Crippen LogP contribution is 2.29. The lowest BCUT2D eigenvalue weighted by atomic mass is 10.1. The summed E-state index contributed by atoms with van der Waals surface area (Å²) in [5.74, 6) is 0. The van der Waals surface area contributed by atoms with E-state index in [0.717, 1.165) is 22.5 Å². The zero-order valence-corrected chi connectivity index (χ0v) is 16.0. The van der Waals surface area contributed by atoms with Gasteiger partial charge in [-0.15, -0.1) is 0 Å². The molecule has 1 unspecified atom stereocenters. The predicted octanol–water partition coefficient (Wildman–Crippen LogP) is 3.56. The standard InChI is InChI=1S/C21H20ClN5O/c22-19-5-1-2-6-21(19)27-13-17(15-28-14-16-4-3-7-23-11-16)20(26-27)10-18-12-24-8-9-25-18/h1-9,11-13,20,26H,10,14-15H2. The molecule has 28 heavy (non-hydrogen) atoms. The van der Waals surface area contributed by atoms with Gasteiger partial charge in [-0.2, -0.15) is 0 Å². The summed E-state index contributed by atoms with van der Waals surface area (Å²) in [5, 5.41) is 2.63. The summed E-state index contributed by atoms with van der Waals surface area (Å²) in [5.41, 5.74) is 7.47. The van der Waals surface area contributed by atoms with Crippen molar-refractivity contribution in [2.45, 2.75) is 19.1 Å². The average Bonchev–Trinajstić information content (AvgIpc) is 3.12. The van der Waals surface area contributed by atoms with Crippen LogP contribution in [0.15, 0.2) is 79.2 Å². The van der Waals surface area contributed by atoms with Crippen LogP contribution in [0.1, 0.15) is 11.3 Å². The van der Waals surface area contributed by atoms with Gasteiger partial charge in [-0.1, -0.05) is 29.8 Å². The van der Waals surface area contributed by atoms with E-state index in [4.69, 9.17) is 16.3 Å². The number of benzene rings is 1. The number of anilines is 1. The highest BCUT2D eigenvalue weighted by Gasteiger charge is 2.26. The molecule has 7 heteroatoms. The molecule has 0 radical (unpaired) electrons. The topological polar surface area (TPSA) is 63.2 Å². The van der Waals surface area contributed by atoms with Gasteiger partial charge in [0, 0.05) is 43.6 Å². The first-order valence-electron chi connectivity index (χ1n) is 9.01.